The van der Waals surface area contributed by atoms with Crippen molar-refractivity contribution >= 4 is 29.9 Å². The van der Waals surface area contributed by atoms with E-state index in [0.717, 1.165) is 76.1 Å². The molecule has 1 aliphatic heterocycles. The first kappa shape index (κ1) is 25.0. The number of guanidine groups is 1. The Bertz CT molecular complexity index is 565. The van der Waals surface area contributed by atoms with Crippen LogP contribution in [0.4, 0.5) is 0 Å². The normalized spacial score (nSPS) is 16.2. The van der Waals surface area contributed by atoms with Crippen LogP contribution in [0.2, 0.25) is 0 Å². The van der Waals surface area contributed by atoms with Gasteiger partial charge in [0.1, 0.15) is 5.75 Å². The second kappa shape index (κ2) is 14.9. The topological polar surface area (TPSA) is 58.1 Å². The summed E-state index contributed by atoms with van der Waals surface area (Å²) >= 11 is 0. The lowest BCUT2D eigenvalue weighted by atomic mass is 10.2. The third-order valence-corrected chi connectivity index (χ3v) is 4.66. The molecular weight excluding hydrogens is 467 g/mol. The summed E-state index contributed by atoms with van der Waals surface area (Å²) in [4.78, 5) is 7.19. The first-order valence-corrected chi connectivity index (χ1v) is 10.3. The van der Waals surface area contributed by atoms with Crippen molar-refractivity contribution in [3.8, 4) is 5.75 Å². The largest absolute Gasteiger partial charge is 0.494 e. The maximum atomic E-state index is 5.79. The molecule has 2 rings (SSSR count). The number of unbranched alkanes of at least 4 members (excludes halogenated alkanes) is 1. The van der Waals surface area contributed by atoms with Gasteiger partial charge in [-0.2, -0.15) is 0 Å². The van der Waals surface area contributed by atoms with Crippen molar-refractivity contribution in [2.24, 2.45) is 4.99 Å². The first-order valence-electron chi connectivity index (χ1n) is 10.3. The zero-order valence-electron chi connectivity index (χ0n) is 17.6. The summed E-state index contributed by atoms with van der Waals surface area (Å²) in [6, 6.07) is 8.67. The Balaban J connectivity index is 0.00000392. The third kappa shape index (κ3) is 9.43. The van der Waals surface area contributed by atoms with Gasteiger partial charge in [0.05, 0.1) is 26.4 Å². The summed E-state index contributed by atoms with van der Waals surface area (Å²) in [7, 11) is 0. The summed E-state index contributed by atoms with van der Waals surface area (Å²) in [5.41, 5.74) is 1.16. The molecule has 0 aliphatic carbocycles. The molecule has 0 radical (unpaired) electrons. The van der Waals surface area contributed by atoms with Gasteiger partial charge >= 0.3 is 0 Å². The molecule has 2 N–H and O–H groups in total. The molecule has 1 fully saturated rings. The van der Waals surface area contributed by atoms with E-state index in [1.54, 1.807) is 0 Å². The fourth-order valence-corrected chi connectivity index (χ4v) is 2.97. The second-order valence-electron chi connectivity index (χ2n) is 6.92. The molecule has 0 spiro atoms. The number of hydrogen-bond donors (Lipinski definition) is 2. The van der Waals surface area contributed by atoms with E-state index >= 15 is 0 Å². The quantitative estimate of drug-likeness (QED) is 0.222. The Morgan fingerprint density at radius 3 is 2.75 bits per heavy atom. The molecule has 1 heterocycles. The molecule has 0 aromatic heterocycles. The molecule has 1 aromatic carbocycles. The van der Waals surface area contributed by atoms with Gasteiger partial charge < -0.3 is 20.1 Å². The standard InChI is InChI=1S/C21H36N4O2.HI/c1-4-6-12-27-20-9-7-8-19(15-20)17-24-21(22-5-2)23-16-18(3)25-10-13-26-14-11-25;/h7-9,15,18H,4-6,10-14,16-17H2,1-3H3,(H2,22,23,24);1H. The van der Waals surface area contributed by atoms with Crippen LogP contribution in [-0.2, 0) is 11.3 Å². The second-order valence-corrected chi connectivity index (χ2v) is 6.92. The first-order chi connectivity index (χ1) is 13.2. The molecule has 28 heavy (non-hydrogen) atoms. The summed E-state index contributed by atoms with van der Waals surface area (Å²) in [5.74, 6) is 1.78. The molecule has 1 unspecified atom stereocenters. The van der Waals surface area contributed by atoms with Gasteiger partial charge in [-0.05, 0) is 38.0 Å². The smallest absolute Gasteiger partial charge is 0.191 e. The molecule has 1 aliphatic rings. The van der Waals surface area contributed by atoms with Crippen LogP contribution in [-0.4, -0.2) is 62.9 Å². The number of nitrogens with one attached hydrogen (secondary N) is 2. The summed E-state index contributed by atoms with van der Waals surface area (Å²) in [6.45, 7) is 13.3. The maximum Gasteiger partial charge on any atom is 0.191 e. The van der Waals surface area contributed by atoms with Gasteiger partial charge in [0.2, 0.25) is 0 Å². The van der Waals surface area contributed by atoms with Crippen molar-refractivity contribution < 1.29 is 9.47 Å². The van der Waals surface area contributed by atoms with Gasteiger partial charge in [-0.25, -0.2) is 4.99 Å². The highest BCUT2D eigenvalue weighted by Crippen LogP contribution is 2.14. The monoisotopic (exact) mass is 504 g/mol. The zero-order valence-corrected chi connectivity index (χ0v) is 19.9. The highest BCUT2D eigenvalue weighted by molar-refractivity contribution is 14.0. The lowest BCUT2D eigenvalue weighted by Crippen LogP contribution is -2.49. The Morgan fingerprint density at radius 1 is 1.25 bits per heavy atom. The maximum absolute atomic E-state index is 5.79. The van der Waals surface area contributed by atoms with Crippen LogP contribution in [0, 0.1) is 0 Å². The van der Waals surface area contributed by atoms with Crippen LogP contribution in [0.1, 0.15) is 39.2 Å². The average Bonchev–Trinajstić information content (AvgIpc) is 2.71. The van der Waals surface area contributed by atoms with E-state index in [1.165, 1.54) is 0 Å². The van der Waals surface area contributed by atoms with E-state index in [0.29, 0.717) is 12.6 Å². The van der Waals surface area contributed by atoms with Crippen molar-refractivity contribution in [3.05, 3.63) is 29.8 Å². The molecule has 1 aromatic rings. The molecular formula is C21H37IN4O2. The van der Waals surface area contributed by atoms with Crippen LogP contribution in [0.25, 0.3) is 0 Å². The molecule has 7 heteroatoms. The van der Waals surface area contributed by atoms with Crippen molar-refractivity contribution in [3.63, 3.8) is 0 Å². The third-order valence-electron chi connectivity index (χ3n) is 4.66. The van der Waals surface area contributed by atoms with Gasteiger partial charge in [0.15, 0.2) is 5.96 Å². The number of halogens is 1. The lowest BCUT2D eigenvalue weighted by molar-refractivity contribution is 0.0211. The van der Waals surface area contributed by atoms with E-state index in [2.05, 4.69) is 48.4 Å². The highest BCUT2D eigenvalue weighted by Gasteiger charge is 2.16. The highest BCUT2D eigenvalue weighted by atomic mass is 127. The molecule has 160 valence electrons. The molecule has 0 bridgehead atoms. The lowest BCUT2D eigenvalue weighted by Gasteiger charge is -2.32. The average molecular weight is 504 g/mol. The Morgan fingerprint density at radius 2 is 2.04 bits per heavy atom. The Labute approximate surface area is 187 Å². The van der Waals surface area contributed by atoms with Gasteiger partial charge in [-0.3, -0.25) is 4.90 Å². The number of hydrogen-bond acceptors (Lipinski definition) is 4. The van der Waals surface area contributed by atoms with E-state index in [9.17, 15) is 0 Å². The minimum absolute atomic E-state index is 0. The SMILES string of the molecule is CCCCOc1cccc(CN=C(NCC)NCC(C)N2CCOCC2)c1.I. The predicted octanol–water partition coefficient (Wildman–Crippen LogP) is 3.26. The Kier molecular flexibility index (Phi) is 13.3. The number of nitrogens with zero attached hydrogens (tertiary/aromatic N) is 2. The minimum atomic E-state index is 0. The van der Waals surface area contributed by atoms with Gasteiger partial charge in [-0.15, -0.1) is 24.0 Å². The summed E-state index contributed by atoms with van der Waals surface area (Å²) < 4.78 is 11.2. The number of benzene rings is 1. The number of rotatable bonds is 10. The van der Waals surface area contributed by atoms with Gasteiger partial charge in [-0.1, -0.05) is 25.5 Å². The van der Waals surface area contributed by atoms with E-state index in [1.807, 2.05) is 12.1 Å². The minimum Gasteiger partial charge on any atom is -0.494 e. The van der Waals surface area contributed by atoms with E-state index in [4.69, 9.17) is 14.5 Å². The molecule has 0 saturated carbocycles. The summed E-state index contributed by atoms with van der Waals surface area (Å²) in [6.07, 6.45) is 2.22. The molecule has 6 nitrogen and oxygen atoms in total. The van der Waals surface area contributed by atoms with E-state index in [-0.39, 0.29) is 24.0 Å². The van der Waals surface area contributed by atoms with Crippen molar-refractivity contribution in [1.82, 2.24) is 15.5 Å². The summed E-state index contributed by atoms with van der Waals surface area (Å²) in [5, 5.41) is 6.80. The van der Waals surface area contributed by atoms with Crippen molar-refractivity contribution in [2.75, 3.05) is 46.0 Å². The van der Waals surface area contributed by atoms with Crippen LogP contribution < -0.4 is 15.4 Å². The Hall–Kier alpha value is -1.06. The van der Waals surface area contributed by atoms with Crippen LogP contribution >= 0.6 is 24.0 Å². The predicted molar refractivity (Wildman–Crippen MR) is 127 cm³/mol. The van der Waals surface area contributed by atoms with Crippen LogP contribution in [0.15, 0.2) is 29.3 Å². The van der Waals surface area contributed by atoms with E-state index < -0.39 is 0 Å². The molecule has 0 amide bonds. The zero-order chi connectivity index (χ0) is 19.3. The van der Waals surface area contributed by atoms with Crippen molar-refractivity contribution in [2.45, 2.75) is 46.2 Å². The number of ether oxygens (including phenoxy) is 2. The number of morpholine rings is 1. The molecule has 1 saturated heterocycles. The van der Waals surface area contributed by atoms with Crippen LogP contribution in [0.5, 0.6) is 5.75 Å². The fraction of sp³-hybridized carbons (Fsp3) is 0.667. The van der Waals surface area contributed by atoms with Gasteiger partial charge in [0, 0.05) is 32.2 Å². The number of aliphatic imine (C=N–C) groups is 1. The fourth-order valence-electron chi connectivity index (χ4n) is 2.97. The molecule has 1 atom stereocenters. The van der Waals surface area contributed by atoms with Gasteiger partial charge in [0.25, 0.3) is 0 Å². The van der Waals surface area contributed by atoms with Crippen LogP contribution in [0.3, 0.4) is 0 Å². The van der Waals surface area contributed by atoms with Crippen molar-refractivity contribution in [1.29, 1.82) is 0 Å².